The molecule has 1 aromatic rings. The van der Waals surface area contributed by atoms with Crippen LogP contribution in [0, 0.1) is 0 Å². The molecule has 0 aliphatic heterocycles. The zero-order valence-electron chi connectivity index (χ0n) is 15.4. The highest BCUT2D eigenvalue weighted by Crippen LogP contribution is 2.24. The van der Waals surface area contributed by atoms with Crippen molar-refractivity contribution in [1.82, 2.24) is 4.72 Å². The molecule has 0 radical (unpaired) electrons. The summed E-state index contributed by atoms with van der Waals surface area (Å²) >= 11 is 0. The average Bonchev–Trinajstić information content (AvgIpc) is 2.50. The molecule has 10 nitrogen and oxygen atoms in total. The minimum atomic E-state index is -4.63. The third-order valence-electron chi connectivity index (χ3n) is 3.00. The van der Waals surface area contributed by atoms with E-state index in [4.69, 9.17) is 9.84 Å². The van der Waals surface area contributed by atoms with Crippen molar-refractivity contribution in [2.45, 2.75) is 32.8 Å². The van der Waals surface area contributed by atoms with Gasteiger partial charge in [0.25, 0.3) is 0 Å². The molecule has 1 rings (SSSR count). The molecule has 0 heterocycles. The van der Waals surface area contributed by atoms with E-state index in [0.29, 0.717) is 4.31 Å². The highest BCUT2D eigenvalue weighted by molar-refractivity contribution is 7.91. The first-order chi connectivity index (χ1) is 12.4. The van der Waals surface area contributed by atoms with Gasteiger partial charge in [0.05, 0.1) is 19.2 Å². The van der Waals surface area contributed by atoms with Crippen LogP contribution in [0.1, 0.15) is 26.3 Å². The summed E-state index contributed by atoms with van der Waals surface area (Å²) < 4.78 is 36.8. The Labute approximate surface area is 157 Å². The van der Waals surface area contributed by atoms with E-state index in [0.717, 1.165) is 0 Å². The van der Waals surface area contributed by atoms with Crippen LogP contribution in [0.25, 0.3) is 0 Å². The molecule has 0 saturated carbocycles. The van der Waals surface area contributed by atoms with E-state index >= 15 is 0 Å². The van der Waals surface area contributed by atoms with Crippen LogP contribution < -0.4 is 9.03 Å². The van der Waals surface area contributed by atoms with Crippen LogP contribution in [-0.4, -0.2) is 50.8 Å². The van der Waals surface area contributed by atoms with Crippen molar-refractivity contribution >= 4 is 33.9 Å². The van der Waals surface area contributed by atoms with Gasteiger partial charge in [-0.2, -0.15) is 8.42 Å². The Morgan fingerprint density at radius 3 is 2.30 bits per heavy atom. The lowest BCUT2D eigenvalue weighted by Gasteiger charge is -2.26. The minimum Gasteiger partial charge on any atom is -0.480 e. The first kappa shape index (κ1) is 22.2. The summed E-state index contributed by atoms with van der Waals surface area (Å²) in [5, 5.41) is 9.11. The fraction of sp³-hybridized carbons (Fsp3) is 0.438. The van der Waals surface area contributed by atoms with Crippen LogP contribution in [0.2, 0.25) is 0 Å². The molecule has 0 fully saturated rings. The van der Waals surface area contributed by atoms with E-state index < -0.39 is 40.4 Å². The molecule has 0 bridgehead atoms. The van der Waals surface area contributed by atoms with E-state index in [1.165, 1.54) is 25.3 Å². The van der Waals surface area contributed by atoms with Gasteiger partial charge in [-0.1, -0.05) is 18.2 Å². The maximum absolute atomic E-state index is 12.6. The van der Waals surface area contributed by atoms with Gasteiger partial charge in [-0.3, -0.25) is 9.59 Å². The van der Waals surface area contributed by atoms with E-state index in [1.807, 2.05) is 0 Å². The Balaban J connectivity index is 3.28. The van der Waals surface area contributed by atoms with Gasteiger partial charge in [0.2, 0.25) is 0 Å². The van der Waals surface area contributed by atoms with Gasteiger partial charge in [-0.25, -0.2) is 13.8 Å². The van der Waals surface area contributed by atoms with Crippen molar-refractivity contribution in [2.75, 3.05) is 18.0 Å². The number of anilines is 1. The quantitative estimate of drug-likeness (QED) is 0.646. The number of ether oxygens (including phenoxy) is 2. The van der Waals surface area contributed by atoms with Gasteiger partial charge in [-0.05, 0) is 32.4 Å². The average molecular weight is 402 g/mol. The van der Waals surface area contributed by atoms with Gasteiger partial charge < -0.3 is 14.6 Å². The predicted molar refractivity (Wildman–Crippen MR) is 95.4 cm³/mol. The van der Waals surface area contributed by atoms with E-state index in [1.54, 1.807) is 31.6 Å². The molecule has 0 saturated heterocycles. The Kier molecular flexibility index (Phi) is 7.17. The normalized spacial score (nSPS) is 11.4. The lowest BCUT2D eigenvalue weighted by Crippen LogP contribution is -2.47. The van der Waals surface area contributed by atoms with Crippen molar-refractivity contribution in [3.8, 4) is 0 Å². The minimum absolute atomic E-state index is 0.0821. The molecule has 0 aliphatic carbocycles. The monoisotopic (exact) mass is 402 g/mol. The molecule has 0 unspecified atom stereocenters. The standard InChI is InChI=1S/C16H22N2O8S/c1-16(2,3)26-15(22)17-27(23,24)18(10-13(19)20)12-8-6-5-7-11(12)9-14(21)25-4/h5-8H,9-10H2,1-4H3,(H,17,22)(H,19,20). The molecule has 1 amide bonds. The number of para-hydroxylation sites is 1. The second kappa shape index (κ2) is 8.71. The summed E-state index contributed by atoms with van der Waals surface area (Å²) in [4.78, 5) is 34.6. The molecule has 1 aromatic carbocycles. The second-order valence-corrected chi connectivity index (χ2v) is 7.99. The summed E-state index contributed by atoms with van der Waals surface area (Å²) in [6.07, 6.45) is -1.55. The molecule has 150 valence electrons. The first-order valence-corrected chi connectivity index (χ1v) is 9.19. The fourth-order valence-electron chi connectivity index (χ4n) is 2.01. The molecule has 0 aromatic heterocycles. The number of methoxy groups -OCH3 is 1. The number of nitrogens with zero attached hydrogens (tertiary/aromatic N) is 1. The fourth-order valence-corrected chi connectivity index (χ4v) is 3.09. The summed E-state index contributed by atoms with van der Waals surface area (Å²) in [6.45, 7) is 3.65. The van der Waals surface area contributed by atoms with Crippen LogP contribution in [0.5, 0.6) is 0 Å². The Morgan fingerprint density at radius 2 is 1.78 bits per heavy atom. The molecular weight excluding hydrogens is 380 g/mol. The van der Waals surface area contributed by atoms with Gasteiger partial charge in [0.1, 0.15) is 12.1 Å². The number of carboxylic acids is 1. The lowest BCUT2D eigenvalue weighted by molar-refractivity contribution is -0.139. The highest BCUT2D eigenvalue weighted by atomic mass is 32.2. The first-order valence-electron chi connectivity index (χ1n) is 7.75. The number of hydrogen-bond donors (Lipinski definition) is 2. The Bertz CT molecular complexity index is 814. The largest absolute Gasteiger partial charge is 0.480 e. The Morgan fingerprint density at radius 1 is 1.19 bits per heavy atom. The number of carbonyl (C=O) groups is 3. The van der Waals surface area contributed by atoms with Crippen LogP contribution in [0.3, 0.4) is 0 Å². The smallest absolute Gasteiger partial charge is 0.422 e. The molecule has 0 aliphatic rings. The van der Waals surface area contributed by atoms with Gasteiger partial charge in [0, 0.05) is 0 Å². The van der Waals surface area contributed by atoms with E-state index in [-0.39, 0.29) is 17.7 Å². The van der Waals surface area contributed by atoms with Crippen molar-refractivity contribution in [3.05, 3.63) is 29.8 Å². The third kappa shape index (κ3) is 7.13. The van der Waals surface area contributed by atoms with Crippen LogP contribution in [-0.2, 0) is 35.7 Å². The summed E-state index contributed by atoms with van der Waals surface area (Å²) in [6, 6.07) is 5.78. The number of rotatable bonds is 7. The second-order valence-electron chi connectivity index (χ2n) is 6.39. The number of hydrogen-bond acceptors (Lipinski definition) is 7. The van der Waals surface area contributed by atoms with Crippen LogP contribution >= 0.6 is 0 Å². The van der Waals surface area contributed by atoms with Crippen molar-refractivity contribution in [2.24, 2.45) is 0 Å². The molecule has 2 N–H and O–H groups in total. The SMILES string of the molecule is COC(=O)Cc1ccccc1N(CC(=O)O)S(=O)(=O)NC(=O)OC(C)(C)C. The molecule has 0 spiro atoms. The topological polar surface area (TPSA) is 139 Å². The molecule has 11 heteroatoms. The van der Waals surface area contributed by atoms with Gasteiger partial charge in [-0.15, -0.1) is 0 Å². The number of amides is 1. The number of carbonyl (C=O) groups excluding carboxylic acids is 2. The van der Waals surface area contributed by atoms with Crippen molar-refractivity contribution in [1.29, 1.82) is 0 Å². The molecule has 27 heavy (non-hydrogen) atoms. The van der Waals surface area contributed by atoms with Crippen LogP contribution in [0.15, 0.2) is 24.3 Å². The predicted octanol–water partition coefficient (Wildman–Crippen LogP) is 1.06. The number of carboxylic acid groups (broad SMARTS) is 1. The molecular formula is C16H22N2O8S. The molecule has 0 atom stereocenters. The van der Waals surface area contributed by atoms with E-state index in [2.05, 4.69) is 4.74 Å². The highest BCUT2D eigenvalue weighted by Gasteiger charge is 2.30. The third-order valence-corrected chi connectivity index (χ3v) is 4.33. The zero-order chi connectivity index (χ0) is 20.8. The van der Waals surface area contributed by atoms with Gasteiger partial charge in [0.15, 0.2) is 0 Å². The van der Waals surface area contributed by atoms with Gasteiger partial charge >= 0.3 is 28.2 Å². The Hall–Kier alpha value is -2.82. The van der Waals surface area contributed by atoms with E-state index in [9.17, 15) is 22.8 Å². The number of esters is 1. The maximum Gasteiger partial charge on any atom is 0.422 e. The number of aliphatic carboxylic acids is 1. The summed E-state index contributed by atoms with van der Waals surface area (Å²) in [7, 11) is -3.46. The van der Waals surface area contributed by atoms with Crippen molar-refractivity contribution in [3.63, 3.8) is 0 Å². The number of benzene rings is 1. The number of nitrogens with one attached hydrogen (secondary N) is 1. The zero-order valence-corrected chi connectivity index (χ0v) is 16.2. The maximum atomic E-state index is 12.6. The van der Waals surface area contributed by atoms with Crippen molar-refractivity contribution < 1.29 is 37.4 Å². The summed E-state index contributed by atoms with van der Waals surface area (Å²) in [5.74, 6) is -2.10. The van der Waals surface area contributed by atoms with Crippen LogP contribution in [0.4, 0.5) is 10.5 Å². The summed E-state index contributed by atoms with van der Waals surface area (Å²) in [5.41, 5.74) is -0.832. The lowest BCUT2D eigenvalue weighted by atomic mass is 10.1.